The highest BCUT2D eigenvalue weighted by Gasteiger charge is 3.02. The van der Waals surface area contributed by atoms with Gasteiger partial charge in [0.1, 0.15) is 30.0 Å². The lowest BCUT2D eigenvalue weighted by Gasteiger charge is -2.60. The number of carbonyl (C=O) groups is 4. The van der Waals surface area contributed by atoms with Gasteiger partial charge in [-0.05, 0) is 55.8 Å². The summed E-state index contributed by atoms with van der Waals surface area (Å²) in [7, 11) is 7.44. The van der Waals surface area contributed by atoms with Crippen molar-refractivity contribution in [3.63, 3.8) is 0 Å². The van der Waals surface area contributed by atoms with Crippen LogP contribution in [0, 0.1) is 11.3 Å². The minimum Gasteiger partial charge on any atom is -0.466 e. The van der Waals surface area contributed by atoms with Gasteiger partial charge in [0.15, 0.2) is 11.7 Å². The first kappa shape index (κ1) is 32.5. The third-order valence-electron chi connectivity index (χ3n) is 11.5. The van der Waals surface area contributed by atoms with Crippen LogP contribution in [0.1, 0.15) is 92.9 Å². The Kier molecular flexibility index (Phi) is 8.00. The smallest absolute Gasteiger partial charge is 0.334 e. The average Bonchev–Trinajstić information content (AvgIpc) is 3.85. The first-order valence-electron chi connectivity index (χ1n) is 16.4. The first-order valence-corrected chi connectivity index (χ1v) is 16.4. The number of fused-ring (bicyclic) bond motifs is 3. The van der Waals surface area contributed by atoms with E-state index in [1.54, 1.807) is 6.92 Å². The Morgan fingerprint density at radius 3 is 2.36 bits per heavy atom. The van der Waals surface area contributed by atoms with Gasteiger partial charge in [0.2, 0.25) is 0 Å². The Hall–Kier alpha value is -2.44. The van der Waals surface area contributed by atoms with Crippen molar-refractivity contribution in [1.29, 1.82) is 0 Å². The summed E-state index contributed by atoms with van der Waals surface area (Å²) in [6.07, 6.45) is 2.88. The SMILES string of the molecule is [B][C@@]12C[C@@H]3O[C@@]34[C@H](OC(C)=O)[C@@]3(C(C)C)O[C@H]3[C@@H]3O[C@@]34[C@@]1(C)CCC(C(=O)OCCCCCCC(=O)OCC)=C2COC(C)=O. The Morgan fingerprint density at radius 2 is 1.69 bits per heavy atom. The molecule has 0 unspecified atom stereocenters. The fourth-order valence-electron chi connectivity index (χ4n) is 9.26. The molecular weight excluding hydrogens is 583 g/mol. The lowest BCUT2D eigenvalue weighted by Crippen LogP contribution is -2.71. The molecule has 6 rings (SSSR count). The second kappa shape index (κ2) is 11.1. The highest BCUT2D eigenvalue weighted by Crippen LogP contribution is 2.86. The van der Waals surface area contributed by atoms with Crippen molar-refractivity contribution in [2.24, 2.45) is 11.3 Å². The largest absolute Gasteiger partial charge is 0.466 e. The zero-order valence-electron chi connectivity index (χ0n) is 27.2. The lowest BCUT2D eigenvalue weighted by atomic mass is 9.35. The Bertz CT molecular complexity index is 1310. The maximum Gasteiger partial charge on any atom is 0.334 e. The third-order valence-corrected chi connectivity index (χ3v) is 11.5. The van der Waals surface area contributed by atoms with E-state index in [9.17, 15) is 19.2 Å². The van der Waals surface area contributed by atoms with Crippen LogP contribution in [0.15, 0.2) is 11.1 Å². The number of ether oxygens (including phenoxy) is 7. The van der Waals surface area contributed by atoms with Gasteiger partial charge in [0, 0.05) is 31.3 Å². The monoisotopic (exact) mass is 628 g/mol. The van der Waals surface area contributed by atoms with E-state index in [0.29, 0.717) is 49.9 Å². The van der Waals surface area contributed by atoms with Crippen LogP contribution < -0.4 is 0 Å². The van der Waals surface area contributed by atoms with Crippen molar-refractivity contribution in [2.45, 2.75) is 139 Å². The molecule has 9 atom stereocenters. The molecule has 246 valence electrons. The number of hydrogen-bond acceptors (Lipinski definition) is 11. The van der Waals surface area contributed by atoms with Gasteiger partial charge in [-0.3, -0.25) is 14.4 Å². The van der Waals surface area contributed by atoms with Gasteiger partial charge in [-0.2, -0.15) is 0 Å². The zero-order valence-corrected chi connectivity index (χ0v) is 27.2. The van der Waals surface area contributed by atoms with Crippen molar-refractivity contribution in [2.75, 3.05) is 19.8 Å². The molecule has 0 aromatic rings. The van der Waals surface area contributed by atoms with Crippen LogP contribution in [-0.4, -0.2) is 92.8 Å². The number of epoxide rings is 3. The molecule has 2 radical (unpaired) electrons. The van der Waals surface area contributed by atoms with E-state index in [-0.39, 0.29) is 37.3 Å². The second-order valence-corrected chi connectivity index (χ2v) is 14.1. The van der Waals surface area contributed by atoms with E-state index >= 15 is 0 Å². The second-order valence-electron chi connectivity index (χ2n) is 14.1. The van der Waals surface area contributed by atoms with Crippen molar-refractivity contribution >= 4 is 31.7 Å². The minimum atomic E-state index is -1.13. The van der Waals surface area contributed by atoms with E-state index < -0.39 is 57.6 Å². The molecule has 2 saturated carbocycles. The highest BCUT2D eigenvalue weighted by molar-refractivity contribution is 6.19. The molecule has 6 aliphatic rings. The van der Waals surface area contributed by atoms with Gasteiger partial charge in [0.05, 0.1) is 27.2 Å². The Balaban J connectivity index is 1.23. The molecule has 0 aromatic heterocycles. The molecule has 0 N–H and O–H groups in total. The van der Waals surface area contributed by atoms with Gasteiger partial charge >= 0.3 is 23.9 Å². The summed E-state index contributed by atoms with van der Waals surface area (Å²) in [5.41, 5.74) is -2.33. The molecule has 45 heavy (non-hydrogen) atoms. The summed E-state index contributed by atoms with van der Waals surface area (Å²) in [5.74, 6) is -1.52. The van der Waals surface area contributed by atoms with Gasteiger partial charge < -0.3 is 33.2 Å². The van der Waals surface area contributed by atoms with Crippen molar-refractivity contribution in [3.05, 3.63) is 11.1 Å². The van der Waals surface area contributed by atoms with E-state index in [4.69, 9.17) is 41.0 Å². The number of rotatable bonds is 13. The lowest BCUT2D eigenvalue weighted by molar-refractivity contribution is -0.166. The molecule has 3 aliphatic carbocycles. The van der Waals surface area contributed by atoms with Crippen LogP contribution in [0.5, 0.6) is 0 Å². The van der Waals surface area contributed by atoms with Gasteiger partial charge in [-0.25, -0.2) is 4.79 Å². The minimum absolute atomic E-state index is 0.0513. The first-order chi connectivity index (χ1) is 21.3. The predicted octanol–water partition coefficient (Wildman–Crippen LogP) is 3.45. The summed E-state index contributed by atoms with van der Waals surface area (Å²) in [4.78, 5) is 49.5. The molecule has 0 amide bonds. The van der Waals surface area contributed by atoms with Gasteiger partial charge in [0.25, 0.3) is 0 Å². The van der Waals surface area contributed by atoms with E-state index in [1.165, 1.54) is 13.8 Å². The van der Waals surface area contributed by atoms with Crippen LogP contribution in [0.25, 0.3) is 0 Å². The summed E-state index contributed by atoms with van der Waals surface area (Å²) < 4.78 is 41.9. The maximum atomic E-state index is 13.6. The third kappa shape index (κ3) is 4.48. The quantitative estimate of drug-likeness (QED) is 0.0973. The summed E-state index contributed by atoms with van der Waals surface area (Å²) in [5, 5.41) is -1.13. The summed E-state index contributed by atoms with van der Waals surface area (Å²) in [6, 6.07) is 0. The molecule has 0 bridgehead atoms. The molecule has 3 saturated heterocycles. The molecule has 3 heterocycles. The molecule has 5 fully saturated rings. The normalized spacial score (nSPS) is 41.4. The number of carbonyl (C=O) groups excluding carboxylic acids is 4. The van der Waals surface area contributed by atoms with Crippen LogP contribution in [0.3, 0.4) is 0 Å². The maximum absolute atomic E-state index is 13.6. The molecule has 12 heteroatoms. The van der Waals surface area contributed by atoms with Crippen molar-refractivity contribution in [3.8, 4) is 0 Å². The number of esters is 4. The van der Waals surface area contributed by atoms with E-state index in [2.05, 4.69) is 20.8 Å². The van der Waals surface area contributed by atoms with Crippen molar-refractivity contribution < 1.29 is 52.3 Å². The van der Waals surface area contributed by atoms with Crippen LogP contribution in [0.4, 0.5) is 0 Å². The van der Waals surface area contributed by atoms with E-state index in [1.807, 2.05) is 0 Å². The predicted molar refractivity (Wildman–Crippen MR) is 158 cm³/mol. The Labute approximate surface area is 265 Å². The number of unbranched alkanes of at least 4 members (excludes halogenated alkanes) is 3. The fourth-order valence-corrected chi connectivity index (χ4v) is 9.26. The topological polar surface area (TPSA) is 143 Å². The fraction of sp³-hybridized carbons (Fsp3) is 0.818. The molecule has 3 aliphatic heterocycles. The molecular formula is C33H45BO11. The van der Waals surface area contributed by atoms with Crippen LogP contribution >= 0.6 is 0 Å². The molecule has 0 aromatic carbocycles. The average molecular weight is 629 g/mol. The van der Waals surface area contributed by atoms with Gasteiger partial charge in [-0.1, -0.05) is 33.6 Å². The molecule has 2 spiro atoms. The zero-order chi connectivity index (χ0) is 32.6. The van der Waals surface area contributed by atoms with Gasteiger partial charge in [-0.15, -0.1) is 0 Å². The summed E-state index contributed by atoms with van der Waals surface area (Å²) in [6.45, 7) is 11.1. The van der Waals surface area contributed by atoms with Crippen LogP contribution in [-0.2, 0) is 52.3 Å². The standard InChI is InChI=1S/C33H45BO11/c1-7-39-24(37)12-10-8-9-11-15-40-27(38)21-13-14-29(6)30(34,22(21)17-41-19(4)35)16-23-32(43-23)28(42-20(5)36)31(18(2)3)25(44-31)26-33(29,32)45-26/h18,23,25-26,28H,7-17H2,1-6H3/t23-,25-,26-,28+,29-,30+,31-,32+,33+/m0/s1. The summed E-state index contributed by atoms with van der Waals surface area (Å²) >= 11 is 0. The molecule has 11 nitrogen and oxygen atoms in total. The Morgan fingerprint density at radius 1 is 0.956 bits per heavy atom. The highest BCUT2D eigenvalue weighted by atomic mass is 16.8. The van der Waals surface area contributed by atoms with Crippen molar-refractivity contribution in [1.82, 2.24) is 0 Å². The van der Waals surface area contributed by atoms with Crippen LogP contribution in [0.2, 0.25) is 5.31 Å². The number of hydrogen-bond donors (Lipinski definition) is 0. The van der Waals surface area contributed by atoms with E-state index in [0.717, 1.165) is 19.3 Å².